The lowest BCUT2D eigenvalue weighted by Gasteiger charge is -2.38. The van der Waals surface area contributed by atoms with Gasteiger partial charge in [-0.1, -0.05) is 465 Å². The molecule has 0 N–H and O–H groups in total. The van der Waals surface area contributed by atoms with Crippen LogP contribution in [0, 0.1) is 0 Å². The van der Waals surface area contributed by atoms with Crippen LogP contribution in [0.1, 0.15) is 556 Å². The summed E-state index contributed by atoms with van der Waals surface area (Å²) in [5.74, 6) is -4.37. The number of carbonyl (C=O) groups excluding carboxylic acids is 2. The molecule has 0 bridgehead atoms. The summed E-state index contributed by atoms with van der Waals surface area (Å²) >= 11 is 0. The van der Waals surface area contributed by atoms with Crippen LogP contribution in [0.25, 0.3) is 0 Å². The fraction of sp³-hybridized carbons (Fsp3) is 0.979. The summed E-state index contributed by atoms with van der Waals surface area (Å²) in [5.41, 5.74) is 0. The minimum atomic E-state index is -2.19. The predicted octanol–water partition coefficient (Wildman–Crippen LogP) is 30.7. The lowest BCUT2D eigenvalue weighted by Crippen LogP contribution is -2.50. The summed E-state index contributed by atoms with van der Waals surface area (Å²) in [6, 6.07) is 0. The van der Waals surface area contributed by atoms with Crippen LogP contribution in [0.3, 0.4) is 0 Å². The van der Waals surface area contributed by atoms with Crippen LogP contribution < -0.4 is 10.2 Å². The van der Waals surface area contributed by atoms with Crippen molar-refractivity contribution < 1.29 is 28.8 Å². The molecule has 0 spiro atoms. The number of carbonyl (C=O) groups is 2. The molecule has 102 heavy (non-hydrogen) atoms. The molecule has 0 rings (SSSR count). The second-order valence-electron chi connectivity index (χ2n) is 33.7. The lowest BCUT2D eigenvalue weighted by atomic mass is 10.0. The van der Waals surface area contributed by atoms with Gasteiger partial charge >= 0.3 is 0 Å². The zero-order valence-electron chi connectivity index (χ0n) is 72.3. The van der Waals surface area contributed by atoms with E-state index in [0.717, 1.165) is 0 Å². The van der Waals surface area contributed by atoms with Gasteiger partial charge in [0.1, 0.15) is 0 Å². The molecular formula is C96H196N2O4. The molecule has 0 amide bonds. The normalized spacial score (nSPS) is 11.7. The van der Waals surface area contributed by atoms with Gasteiger partial charge in [0.15, 0.2) is 0 Å². The second-order valence-corrected chi connectivity index (χ2v) is 33.7. The predicted molar refractivity (Wildman–Crippen MR) is 455 cm³/mol. The molecule has 0 saturated heterocycles. The number of carboxylic acid groups (broad SMARTS) is 2. The van der Waals surface area contributed by atoms with Crippen molar-refractivity contribution in [3.05, 3.63) is 0 Å². The van der Waals surface area contributed by atoms with Crippen molar-refractivity contribution in [1.29, 1.82) is 0 Å². The van der Waals surface area contributed by atoms with Crippen molar-refractivity contribution in [2.75, 3.05) is 52.4 Å². The maximum atomic E-state index is 8.93. The van der Waals surface area contributed by atoms with Crippen molar-refractivity contribution in [3.63, 3.8) is 0 Å². The van der Waals surface area contributed by atoms with Crippen molar-refractivity contribution in [3.8, 4) is 0 Å². The smallest absolute Gasteiger partial charge is 0.0870 e. The Balaban J connectivity index is -0.00000177. The van der Waals surface area contributed by atoms with Gasteiger partial charge in [-0.15, -0.1) is 0 Å². The Hall–Kier alpha value is -1.14. The molecule has 0 aliphatic carbocycles. The zero-order valence-corrected chi connectivity index (χ0v) is 72.3. The van der Waals surface area contributed by atoms with E-state index in [2.05, 4.69) is 55.4 Å². The molecule has 614 valence electrons. The SMILES string of the molecule is CCCCCCCCCCCCCCC[N+](CC)(CCCCCCCCCCCCCCC)CCCCCCCCCCCCCCC.CCCCCCCCCCCCCCC[N+](CC)(CCCCCCCCCCCCCCC)CCCCCCCCCCCCCCC.O=C([O-])C(=O)[O-]. The van der Waals surface area contributed by atoms with Gasteiger partial charge in [-0.25, -0.2) is 0 Å². The molecule has 0 fully saturated rings. The van der Waals surface area contributed by atoms with Gasteiger partial charge in [-0.05, 0) is 90.9 Å². The molecular weight excluding hydrogens is 1250 g/mol. The standard InChI is InChI=1S/2C47H98N.C2H2O4/c2*1-5-9-12-15-18-21-24-27-30-33-36-39-42-45-48(8-4,46-43-40-37-34-31-28-25-22-19-16-13-10-6-2)47-44-41-38-35-32-29-26-23-20-17-14-11-7-3;3-1(4)2(5)6/h2*5-47H2,1-4H3;(H,3,4)(H,5,6)/q2*+1;/p-2. The molecule has 6 nitrogen and oxygen atoms in total. The molecule has 0 aromatic heterocycles. The number of hydrogen-bond acceptors (Lipinski definition) is 4. The van der Waals surface area contributed by atoms with Crippen LogP contribution in [0.5, 0.6) is 0 Å². The first-order valence-corrected chi connectivity index (χ1v) is 48.3. The van der Waals surface area contributed by atoms with Gasteiger partial charge in [0, 0.05) is 0 Å². The molecule has 0 saturated carbocycles. The number of aliphatic carboxylic acids is 2. The van der Waals surface area contributed by atoms with E-state index in [4.69, 9.17) is 19.8 Å². The van der Waals surface area contributed by atoms with Crippen LogP contribution in [0.4, 0.5) is 0 Å². The minimum Gasteiger partial charge on any atom is -0.543 e. The molecule has 0 heterocycles. The molecule has 0 aliphatic rings. The summed E-state index contributed by atoms with van der Waals surface area (Å²) in [6.45, 7) is 30.5. The van der Waals surface area contributed by atoms with E-state index < -0.39 is 11.9 Å². The van der Waals surface area contributed by atoms with Crippen molar-refractivity contribution >= 4 is 11.9 Å². The van der Waals surface area contributed by atoms with Gasteiger partial charge in [0.25, 0.3) is 0 Å². The summed E-state index contributed by atoms with van der Waals surface area (Å²) in [7, 11) is 0. The number of nitrogens with zero attached hydrogens (tertiary/aromatic N) is 2. The van der Waals surface area contributed by atoms with E-state index in [0.29, 0.717) is 0 Å². The van der Waals surface area contributed by atoms with Gasteiger partial charge in [-0.3, -0.25) is 0 Å². The summed E-state index contributed by atoms with van der Waals surface area (Å²) in [6.07, 6.45) is 115. The van der Waals surface area contributed by atoms with Crippen LogP contribution in [0.15, 0.2) is 0 Å². The quantitative estimate of drug-likeness (QED) is 0.0345. The van der Waals surface area contributed by atoms with Gasteiger partial charge in [-0.2, -0.15) is 0 Å². The Bertz CT molecular complexity index is 1260. The topological polar surface area (TPSA) is 80.3 Å². The fourth-order valence-electron chi connectivity index (χ4n) is 16.4. The maximum Gasteiger partial charge on any atom is 0.0870 e. The average Bonchev–Trinajstić information content (AvgIpc) is 0.893. The van der Waals surface area contributed by atoms with E-state index in [1.54, 1.807) is 0 Å². The third-order valence-corrected chi connectivity index (χ3v) is 23.9. The number of hydrogen-bond donors (Lipinski definition) is 0. The Morgan fingerprint density at radius 3 is 0.294 bits per heavy atom. The Kier molecular flexibility index (Phi) is 95.0. The van der Waals surface area contributed by atoms with Crippen LogP contribution >= 0.6 is 0 Å². The fourth-order valence-corrected chi connectivity index (χ4v) is 16.4. The summed E-state index contributed by atoms with van der Waals surface area (Å²) < 4.78 is 2.88. The highest BCUT2D eigenvalue weighted by molar-refractivity contribution is 6.25. The Morgan fingerprint density at radius 2 is 0.225 bits per heavy atom. The van der Waals surface area contributed by atoms with Crippen LogP contribution in [-0.2, 0) is 9.59 Å². The van der Waals surface area contributed by atoms with Crippen LogP contribution in [-0.4, -0.2) is 73.3 Å². The molecule has 0 atom stereocenters. The summed E-state index contributed by atoms with van der Waals surface area (Å²) in [5, 5.41) is 17.9. The van der Waals surface area contributed by atoms with E-state index >= 15 is 0 Å². The molecule has 0 aliphatic heterocycles. The van der Waals surface area contributed by atoms with Crippen LogP contribution in [0.2, 0.25) is 0 Å². The monoisotopic (exact) mass is 1440 g/mol. The molecule has 6 heteroatoms. The first kappa shape index (κ1) is 105. The molecule has 0 aromatic carbocycles. The lowest BCUT2D eigenvalue weighted by molar-refractivity contribution is -0.927. The Labute approximate surface area is 645 Å². The maximum absolute atomic E-state index is 8.93. The Morgan fingerprint density at radius 1 is 0.147 bits per heavy atom. The first-order chi connectivity index (χ1) is 50.1. The van der Waals surface area contributed by atoms with E-state index in [1.165, 1.54) is 562 Å². The zero-order chi connectivity index (χ0) is 75.0. The van der Waals surface area contributed by atoms with E-state index in [1.807, 2.05) is 0 Å². The highest BCUT2D eigenvalue weighted by Crippen LogP contribution is 2.24. The van der Waals surface area contributed by atoms with E-state index in [-0.39, 0.29) is 0 Å². The van der Waals surface area contributed by atoms with Crippen molar-refractivity contribution in [2.24, 2.45) is 0 Å². The highest BCUT2D eigenvalue weighted by atomic mass is 16.4. The number of quaternary nitrogens is 2. The number of rotatable bonds is 86. The minimum absolute atomic E-state index is 1.37. The van der Waals surface area contributed by atoms with E-state index in [9.17, 15) is 0 Å². The van der Waals surface area contributed by atoms with Crippen molar-refractivity contribution in [2.45, 2.75) is 556 Å². The molecule has 0 radical (unpaired) electrons. The molecule has 0 aromatic rings. The van der Waals surface area contributed by atoms with Gasteiger partial charge in [0.2, 0.25) is 0 Å². The molecule has 0 unspecified atom stereocenters. The third-order valence-electron chi connectivity index (χ3n) is 23.9. The average molecular weight is 1440 g/mol. The van der Waals surface area contributed by atoms with Gasteiger partial charge in [0.05, 0.1) is 64.3 Å². The van der Waals surface area contributed by atoms with Gasteiger partial charge < -0.3 is 28.8 Å². The highest BCUT2D eigenvalue weighted by Gasteiger charge is 2.25. The largest absolute Gasteiger partial charge is 0.543 e. The first-order valence-electron chi connectivity index (χ1n) is 48.3. The third kappa shape index (κ3) is 86.1. The van der Waals surface area contributed by atoms with Crippen molar-refractivity contribution in [1.82, 2.24) is 0 Å². The number of carboxylic acids is 2. The second kappa shape index (κ2) is 92.2. The summed E-state index contributed by atoms with van der Waals surface area (Å²) in [4.78, 5) is 17.9. The number of unbranched alkanes of at least 4 members (excludes halogenated alkanes) is 72.